The van der Waals surface area contributed by atoms with Gasteiger partial charge in [0.05, 0.1) is 5.54 Å². The average Bonchev–Trinajstić information content (AvgIpc) is 2.81. The summed E-state index contributed by atoms with van der Waals surface area (Å²) in [5, 5.41) is 6.35. The Hall–Kier alpha value is -1.25. The van der Waals surface area contributed by atoms with Gasteiger partial charge >= 0.3 is 6.09 Å². The van der Waals surface area contributed by atoms with Crippen LogP contribution in [0, 0.1) is 0 Å². The molecule has 3 rings (SSSR count). The molecule has 1 fully saturated rings. The molecule has 0 radical (unpaired) electrons. The highest BCUT2D eigenvalue weighted by molar-refractivity contribution is 7.91. The molecule has 0 unspecified atom stereocenters. The molecule has 1 aromatic rings. The molecule has 2 N–H and O–H groups in total. The van der Waals surface area contributed by atoms with Crippen molar-refractivity contribution in [3.63, 3.8) is 0 Å². The number of halogens is 1. The van der Waals surface area contributed by atoms with E-state index in [-0.39, 0.29) is 10.8 Å². The zero-order valence-electron chi connectivity index (χ0n) is 14.6. The van der Waals surface area contributed by atoms with E-state index >= 15 is 0 Å². The number of carbonyl (C=O) groups is 1. The van der Waals surface area contributed by atoms with Gasteiger partial charge in [-0.3, -0.25) is 0 Å². The van der Waals surface area contributed by atoms with E-state index in [1.165, 1.54) is 0 Å². The van der Waals surface area contributed by atoms with Gasteiger partial charge in [-0.1, -0.05) is 0 Å². The predicted octanol–water partition coefficient (Wildman–Crippen LogP) is 2.65. The lowest BCUT2D eigenvalue weighted by Gasteiger charge is -2.43. The number of nitrogens with one attached hydrogen (secondary N) is 2. The Balaban J connectivity index is 1.72. The Morgan fingerprint density at radius 1 is 1.40 bits per heavy atom. The smallest absolute Gasteiger partial charge is 0.407 e. The van der Waals surface area contributed by atoms with Crippen molar-refractivity contribution < 1.29 is 14.1 Å². The monoisotopic (exact) mass is 386 g/mol. The quantitative estimate of drug-likeness (QED) is 0.609. The lowest BCUT2D eigenvalue weighted by Crippen LogP contribution is -2.54. The molecule has 1 saturated carbocycles. The highest BCUT2D eigenvalue weighted by Gasteiger charge is 2.41. The fourth-order valence-electron chi connectivity index (χ4n) is 3.01. The van der Waals surface area contributed by atoms with E-state index in [1.54, 1.807) is 0 Å². The minimum Gasteiger partial charge on any atom is -0.611 e. The summed E-state index contributed by atoms with van der Waals surface area (Å²) in [6, 6.07) is 0. The molecule has 1 atom stereocenters. The van der Waals surface area contributed by atoms with Gasteiger partial charge in [-0.2, -0.15) is 4.98 Å². The summed E-state index contributed by atoms with van der Waals surface area (Å²) in [7, 11) is 0. The number of nitrogens with zero attached hydrogens (tertiary/aromatic N) is 2. The van der Waals surface area contributed by atoms with Crippen molar-refractivity contribution in [2.24, 2.45) is 0 Å². The van der Waals surface area contributed by atoms with Crippen LogP contribution in [0.25, 0.3) is 0 Å². The van der Waals surface area contributed by atoms with Crippen LogP contribution in [0.4, 0.5) is 10.6 Å². The Morgan fingerprint density at radius 2 is 2.12 bits per heavy atom. The maximum atomic E-state index is 12.3. The molecular formula is C16H23ClN4O3S. The van der Waals surface area contributed by atoms with Crippen LogP contribution in [0.3, 0.4) is 0 Å². The number of carbonyl (C=O) groups excluding carboxylic acids is 1. The van der Waals surface area contributed by atoms with Crippen LogP contribution in [-0.2, 0) is 22.3 Å². The minimum atomic E-state index is -1.11. The molecule has 0 saturated heterocycles. The summed E-state index contributed by atoms with van der Waals surface area (Å²) in [6.07, 6.45) is 3.00. The van der Waals surface area contributed by atoms with Gasteiger partial charge in [0.2, 0.25) is 10.2 Å². The molecule has 0 spiro atoms. The van der Waals surface area contributed by atoms with Gasteiger partial charge in [0.15, 0.2) is 5.82 Å². The fraction of sp³-hybridized carbons (Fsp3) is 0.688. The molecule has 2 heterocycles. The van der Waals surface area contributed by atoms with Crippen molar-refractivity contribution in [2.75, 3.05) is 17.6 Å². The van der Waals surface area contributed by atoms with Crippen molar-refractivity contribution in [1.82, 2.24) is 15.3 Å². The van der Waals surface area contributed by atoms with Gasteiger partial charge in [0, 0.05) is 13.0 Å². The van der Waals surface area contributed by atoms with Crippen molar-refractivity contribution in [2.45, 2.75) is 62.5 Å². The highest BCUT2D eigenvalue weighted by Crippen LogP contribution is 2.38. The number of ether oxygens (including phenoxy) is 1. The molecular weight excluding hydrogens is 364 g/mol. The van der Waals surface area contributed by atoms with Gasteiger partial charge in [-0.25, -0.2) is 9.78 Å². The third-order valence-electron chi connectivity index (χ3n) is 4.32. The van der Waals surface area contributed by atoms with Crippen LogP contribution >= 0.6 is 11.6 Å². The second kappa shape index (κ2) is 6.81. The van der Waals surface area contributed by atoms with Crippen molar-refractivity contribution >= 4 is 34.7 Å². The van der Waals surface area contributed by atoms with Crippen LogP contribution in [0.15, 0.2) is 4.90 Å². The summed E-state index contributed by atoms with van der Waals surface area (Å²) in [5.41, 5.74) is -0.118. The third kappa shape index (κ3) is 4.30. The van der Waals surface area contributed by atoms with Crippen LogP contribution in [0.2, 0.25) is 5.28 Å². The van der Waals surface area contributed by atoms with Gasteiger partial charge in [0.25, 0.3) is 0 Å². The van der Waals surface area contributed by atoms with E-state index in [9.17, 15) is 9.35 Å². The zero-order chi connectivity index (χ0) is 18.2. The number of hydrogen-bond acceptors (Lipinski definition) is 6. The summed E-state index contributed by atoms with van der Waals surface area (Å²) < 4.78 is 17.6. The molecule has 0 aromatic carbocycles. The second-order valence-corrected chi connectivity index (χ2v) is 9.38. The maximum Gasteiger partial charge on any atom is 0.407 e. The van der Waals surface area contributed by atoms with Crippen LogP contribution in [-0.4, -0.2) is 44.1 Å². The van der Waals surface area contributed by atoms with Gasteiger partial charge in [-0.05, 0) is 62.8 Å². The SMILES string of the molecule is CC(C)(C)OC(=O)NCC1(Nc2nc(Cl)nc3c2[S@+]([O-])CC3)CCC1. The number of alkyl carbamates (subject to hydrolysis) is 1. The summed E-state index contributed by atoms with van der Waals surface area (Å²) in [4.78, 5) is 21.0. The first-order valence-corrected chi connectivity index (χ1v) is 10.1. The van der Waals surface area contributed by atoms with E-state index in [0.717, 1.165) is 25.0 Å². The van der Waals surface area contributed by atoms with Gasteiger partial charge in [0.1, 0.15) is 17.0 Å². The lowest BCUT2D eigenvalue weighted by atomic mass is 9.76. The maximum absolute atomic E-state index is 12.3. The molecule has 1 aliphatic carbocycles. The molecule has 138 valence electrons. The number of anilines is 1. The summed E-state index contributed by atoms with van der Waals surface area (Å²) >= 11 is 4.90. The normalized spacial score (nSPS) is 21.2. The van der Waals surface area contributed by atoms with Crippen molar-refractivity contribution in [1.29, 1.82) is 0 Å². The predicted molar refractivity (Wildman–Crippen MR) is 96.5 cm³/mol. The van der Waals surface area contributed by atoms with E-state index in [0.29, 0.717) is 29.4 Å². The fourth-order valence-corrected chi connectivity index (χ4v) is 4.50. The Labute approximate surface area is 155 Å². The number of rotatable bonds is 4. The average molecular weight is 387 g/mol. The number of aromatic nitrogens is 2. The van der Waals surface area contributed by atoms with Gasteiger partial charge < -0.3 is 19.9 Å². The zero-order valence-corrected chi connectivity index (χ0v) is 16.2. The minimum absolute atomic E-state index is 0.148. The Kier molecular flexibility index (Phi) is 5.05. The van der Waals surface area contributed by atoms with Crippen LogP contribution in [0.1, 0.15) is 45.7 Å². The molecule has 0 bridgehead atoms. The summed E-state index contributed by atoms with van der Waals surface area (Å²) in [5.74, 6) is 1.07. The largest absolute Gasteiger partial charge is 0.611 e. The molecule has 2 aliphatic rings. The first-order chi connectivity index (χ1) is 11.7. The van der Waals surface area contributed by atoms with Crippen molar-refractivity contribution in [3.05, 3.63) is 11.0 Å². The number of hydrogen-bond donors (Lipinski definition) is 2. The van der Waals surface area contributed by atoms with E-state index < -0.39 is 22.9 Å². The van der Waals surface area contributed by atoms with E-state index in [1.807, 2.05) is 20.8 Å². The molecule has 9 heteroatoms. The molecule has 25 heavy (non-hydrogen) atoms. The van der Waals surface area contributed by atoms with Crippen molar-refractivity contribution in [3.8, 4) is 0 Å². The molecule has 1 aromatic heterocycles. The van der Waals surface area contributed by atoms with E-state index in [2.05, 4.69) is 20.6 Å². The highest BCUT2D eigenvalue weighted by atomic mass is 35.5. The topological polar surface area (TPSA) is 99.2 Å². The lowest BCUT2D eigenvalue weighted by molar-refractivity contribution is 0.0506. The number of fused-ring (bicyclic) bond motifs is 1. The third-order valence-corrected chi connectivity index (χ3v) is 5.95. The van der Waals surface area contributed by atoms with Crippen LogP contribution < -0.4 is 10.6 Å². The Bertz CT molecular complexity index is 676. The standard InChI is InChI=1S/C16H23ClN4O3S/c1-15(2,3)24-14(22)18-9-16(6-4-7-16)21-12-11-10(5-8-25(11)23)19-13(17)20-12/h4-9H2,1-3H3,(H,18,22)(H,19,20,21)/t25-/m1/s1. The second-order valence-electron chi connectivity index (χ2n) is 7.53. The molecule has 1 amide bonds. The molecule has 7 nitrogen and oxygen atoms in total. The van der Waals surface area contributed by atoms with E-state index in [4.69, 9.17) is 16.3 Å². The molecule has 1 aliphatic heterocycles. The first-order valence-electron chi connectivity index (χ1n) is 8.37. The van der Waals surface area contributed by atoms with Gasteiger partial charge in [-0.15, -0.1) is 0 Å². The van der Waals surface area contributed by atoms with Crippen LogP contribution in [0.5, 0.6) is 0 Å². The number of amides is 1. The number of aryl methyl sites for hydroxylation is 1. The Morgan fingerprint density at radius 3 is 2.72 bits per heavy atom. The first kappa shape index (κ1) is 18.5. The summed E-state index contributed by atoms with van der Waals surface area (Å²) in [6.45, 7) is 5.88.